The maximum Gasteiger partial charge on any atom is 0.173 e. The Balaban J connectivity index is 2.51. The third-order valence-corrected chi connectivity index (χ3v) is 2.64. The fourth-order valence-corrected chi connectivity index (χ4v) is 1.65. The fraction of sp³-hybridized carbons (Fsp3) is 0.500. The van der Waals surface area contributed by atoms with Gasteiger partial charge in [-0.25, -0.2) is 0 Å². The van der Waals surface area contributed by atoms with Crippen molar-refractivity contribution in [2.24, 2.45) is 10.9 Å². The first-order valence-electron chi connectivity index (χ1n) is 6.53. The van der Waals surface area contributed by atoms with Gasteiger partial charge in [-0.05, 0) is 24.1 Å². The molecule has 0 saturated carbocycles. The summed E-state index contributed by atoms with van der Waals surface area (Å²) in [6.07, 6.45) is 1.01. The zero-order valence-corrected chi connectivity index (χ0v) is 12.0. The number of nitrogens with two attached hydrogens (primary N) is 1. The minimum absolute atomic E-state index is 0.0160. The molecule has 0 aliphatic rings. The molecule has 0 heterocycles. The van der Waals surface area contributed by atoms with Crippen LogP contribution < -0.4 is 10.5 Å². The molecule has 0 amide bonds. The zero-order chi connectivity index (χ0) is 14.8. The van der Waals surface area contributed by atoms with Crippen molar-refractivity contribution in [1.29, 1.82) is 0 Å². The van der Waals surface area contributed by atoms with E-state index in [1.807, 2.05) is 6.07 Å². The molecule has 112 valence electrons. The summed E-state index contributed by atoms with van der Waals surface area (Å²) in [5, 5.41) is 11.7. The van der Waals surface area contributed by atoms with Gasteiger partial charge in [0.2, 0.25) is 0 Å². The van der Waals surface area contributed by atoms with E-state index < -0.39 is 0 Å². The number of nitrogens with zero attached hydrogens (tertiary/aromatic N) is 1. The average molecular weight is 282 g/mol. The molecule has 1 aromatic rings. The van der Waals surface area contributed by atoms with Crippen LogP contribution in [-0.2, 0) is 16.1 Å². The summed E-state index contributed by atoms with van der Waals surface area (Å²) in [5.41, 5.74) is 7.06. The van der Waals surface area contributed by atoms with E-state index in [0.717, 1.165) is 18.6 Å². The maximum absolute atomic E-state index is 8.69. The van der Waals surface area contributed by atoms with Gasteiger partial charge in [-0.2, -0.15) is 0 Å². The molecule has 0 saturated heterocycles. The highest BCUT2D eigenvalue weighted by atomic mass is 16.5. The maximum atomic E-state index is 8.69. The number of hydrogen-bond acceptors (Lipinski definition) is 5. The van der Waals surface area contributed by atoms with Crippen molar-refractivity contribution in [2.75, 3.05) is 26.9 Å². The third-order valence-electron chi connectivity index (χ3n) is 2.64. The van der Waals surface area contributed by atoms with E-state index in [-0.39, 0.29) is 5.84 Å². The number of methoxy groups -OCH3 is 1. The molecule has 3 N–H and O–H groups in total. The van der Waals surface area contributed by atoms with E-state index in [9.17, 15) is 0 Å². The molecule has 20 heavy (non-hydrogen) atoms. The Hall–Kier alpha value is -1.79. The van der Waals surface area contributed by atoms with E-state index in [2.05, 4.69) is 12.1 Å². The SMILES string of the molecule is CCCOCCOCc1ccc(/C(N)=N/O)c(OC)c1. The predicted octanol–water partition coefficient (Wildman–Crippen LogP) is 1.73. The van der Waals surface area contributed by atoms with Crippen LogP contribution in [0.5, 0.6) is 5.75 Å². The summed E-state index contributed by atoms with van der Waals surface area (Å²) in [7, 11) is 1.53. The second kappa shape index (κ2) is 9.17. The standard InChI is InChI=1S/C14H22N2O4/c1-3-6-19-7-8-20-10-11-4-5-12(14(15)16-17)13(9-11)18-2/h4-5,9,17H,3,6-8,10H2,1-2H3,(H2,15,16). The Labute approximate surface area is 119 Å². The van der Waals surface area contributed by atoms with Crippen LogP contribution in [0.25, 0.3) is 0 Å². The normalized spacial score (nSPS) is 11.6. The number of ether oxygens (including phenoxy) is 3. The van der Waals surface area contributed by atoms with Crippen LogP contribution in [0, 0.1) is 0 Å². The molecule has 0 aromatic heterocycles. The molecule has 1 aromatic carbocycles. The molecule has 0 aliphatic carbocycles. The Morgan fingerprint density at radius 3 is 2.65 bits per heavy atom. The van der Waals surface area contributed by atoms with E-state index in [1.54, 1.807) is 12.1 Å². The lowest BCUT2D eigenvalue weighted by atomic mass is 10.1. The van der Waals surface area contributed by atoms with Crippen molar-refractivity contribution in [1.82, 2.24) is 0 Å². The van der Waals surface area contributed by atoms with Crippen LogP contribution in [-0.4, -0.2) is 38.0 Å². The van der Waals surface area contributed by atoms with Gasteiger partial charge in [-0.15, -0.1) is 0 Å². The molecule has 1 rings (SSSR count). The number of amidine groups is 1. The Morgan fingerprint density at radius 1 is 1.25 bits per heavy atom. The Bertz CT molecular complexity index is 435. The third kappa shape index (κ3) is 5.07. The van der Waals surface area contributed by atoms with Gasteiger partial charge < -0.3 is 25.2 Å². The molecule has 0 aliphatic heterocycles. The smallest absolute Gasteiger partial charge is 0.173 e. The molecule has 0 bridgehead atoms. The van der Waals surface area contributed by atoms with Gasteiger partial charge in [0.05, 0.1) is 32.5 Å². The first kappa shape index (κ1) is 16.3. The molecule has 0 atom stereocenters. The monoisotopic (exact) mass is 282 g/mol. The average Bonchev–Trinajstić information content (AvgIpc) is 2.49. The molecule has 0 unspecified atom stereocenters. The predicted molar refractivity (Wildman–Crippen MR) is 76.3 cm³/mol. The molecule has 0 fully saturated rings. The first-order chi connectivity index (χ1) is 9.72. The minimum atomic E-state index is 0.0160. The zero-order valence-electron chi connectivity index (χ0n) is 12.0. The minimum Gasteiger partial charge on any atom is -0.496 e. The lowest BCUT2D eigenvalue weighted by Gasteiger charge is -2.10. The topological polar surface area (TPSA) is 86.3 Å². The van der Waals surface area contributed by atoms with Crippen molar-refractivity contribution in [3.63, 3.8) is 0 Å². The highest BCUT2D eigenvalue weighted by molar-refractivity contribution is 5.99. The van der Waals surface area contributed by atoms with Crippen LogP contribution in [0.1, 0.15) is 24.5 Å². The first-order valence-corrected chi connectivity index (χ1v) is 6.53. The second-order valence-corrected chi connectivity index (χ2v) is 4.18. The van der Waals surface area contributed by atoms with Gasteiger partial charge in [0.15, 0.2) is 5.84 Å². The van der Waals surface area contributed by atoms with E-state index in [1.165, 1.54) is 7.11 Å². The van der Waals surface area contributed by atoms with Gasteiger partial charge in [0.25, 0.3) is 0 Å². The summed E-state index contributed by atoms with van der Waals surface area (Å²) < 4.78 is 16.0. The summed E-state index contributed by atoms with van der Waals surface area (Å²) in [5.74, 6) is 0.561. The lowest BCUT2D eigenvalue weighted by molar-refractivity contribution is 0.0408. The quantitative estimate of drug-likeness (QED) is 0.237. The van der Waals surface area contributed by atoms with E-state index in [0.29, 0.717) is 31.1 Å². The largest absolute Gasteiger partial charge is 0.496 e. The summed E-state index contributed by atoms with van der Waals surface area (Å²) in [4.78, 5) is 0. The van der Waals surface area contributed by atoms with Crippen molar-refractivity contribution in [3.05, 3.63) is 29.3 Å². The number of oxime groups is 1. The van der Waals surface area contributed by atoms with Gasteiger partial charge in [-0.3, -0.25) is 0 Å². The summed E-state index contributed by atoms with van der Waals surface area (Å²) in [6.45, 7) is 4.42. The van der Waals surface area contributed by atoms with Crippen molar-refractivity contribution in [3.8, 4) is 5.75 Å². The number of rotatable bonds is 9. The highest BCUT2D eigenvalue weighted by Crippen LogP contribution is 2.20. The molecule has 0 spiro atoms. The van der Waals surface area contributed by atoms with Gasteiger partial charge in [0, 0.05) is 6.61 Å². The lowest BCUT2D eigenvalue weighted by Crippen LogP contribution is -2.14. The van der Waals surface area contributed by atoms with E-state index >= 15 is 0 Å². The molecular weight excluding hydrogens is 260 g/mol. The fourth-order valence-electron chi connectivity index (χ4n) is 1.65. The van der Waals surface area contributed by atoms with Crippen molar-refractivity contribution in [2.45, 2.75) is 20.0 Å². The Kier molecular flexibility index (Phi) is 7.46. The molecule has 0 radical (unpaired) electrons. The van der Waals surface area contributed by atoms with Gasteiger partial charge in [0.1, 0.15) is 5.75 Å². The van der Waals surface area contributed by atoms with Crippen LogP contribution in [0.2, 0.25) is 0 Å². The number of hydrogen-bond donors (Lipinski definition) is 2. The summed E-state index contributed by atoms with van der Waals surface area (Å²) >= 11 is 0. The number of benzene rings is 1. The highest BCUT2D eigenvalue weighted by Gasteiger charge is 2.08. The van der Waals surface area contributed by atoms with Crippen LogP contribution >= 0.6 is 0 Å². The Morgan fingerprint density at radius 2 is 2.00 bits per heavy atom. The van der Waals surface area contributed by atoms with Gasteiger partial charge in [-0.1, -0.05) is 18.1 Å². The second-order valence-electron chi connectivity index (χ2n) is 4.18. The van der Waals surface area contributed by atoms with E-state index in [4.69, 9.17) is 25.2 Å². The molecular formula is C14H22N2O4. The van der Waals surface area contributed by atoms with Gasteiger partial charge >= 0.3 is 0 Å². The molecule has 6 nitrogen and oxygen atoms in total. The van der Waals surface area contributed by atoms with Crippen molar-refractivity contribution < 1.29 is 19.4 Å². The molecule has 6 heteroatoms. The van der Waals surface area contributed by atoms with Crippen LogP contribution in [0.3, 0.4) is 0 Å². The summed E-state index contributed by atoms with van der Waals surface area (Å²) in [6, 6.07) is 5.39. The van der Waals surface area contributed by atoms with Crippen LogP contribution in [0.15, 0.2) is 23.4 Å². The van der Waals surface area contributed by atoms with Crippen LogP contribution in [0.4, 0.5) is 0 Å². The van der Waals surface area contributed by atoms with Crippen molar-refractivity contribution >= 4 is 5.84 Å².